The molecule has 1 aliphatic heterocycles. The Morgan fingerprint density at radius 1 is 1.11 bits per heavy atom. The number of carbonyl (C=O) groups is 1. The van der Waals surface area contributed by atoms with Gasteiger partial charge in [-0.05, 0) is 36.8 Å². The number of ether oxygens (including phenoxy) is 4. The lowest BCUT2D eigenvalue weighted by Crippen LogP contribution is -2.28. The van der Waals surface area contributed by atoms with Gasteiger partial charge in [-0.2, -0.15) is 0 Å². The fraction of sp³-hybridized carbons (Fsp3) is 0.286. The fourth-order valence-electron chi connectivity index (χ4n) is 2.87. The van der Waals surface area contributed by atoms with Gasteiger partial charge in [0.1, 0.15) is 6.61 Å². The third kappa shape index (κ3) is 4.16. The van der Waals surface area contributed by atoms with E-state index in [1.807, 2.05) is 49.4 Å². The van der Waals surface area contributed by atoms with E-state index in [2.05, 4.69) is 5.32 Å². The molecule has 1 N–H and O–H groups in total. The van der Waals surface area contributed by atoms with E-state index >= 15 is 0 Å². The van der Waals surface area contributed by atoms with Crippen LogP contribution >= 0.6 is 0 Å². The summed E-state index contributed by atoms with van der Waals surface area (Å²) in [6, 6.07) is 11.2. The lowest BCUT2D eigenvalue weighted by Gasteiger charge is -2.19. The van der Waals surface area contributed by atoms with Crippen LogP contribution in [0.2, 0.25) is 0 Å². The Labute approximate surface area is 158 Å². The first-order valence-corrected chi connectivity index (χ1v) is 8.74. The molecule has 0 saturated heterocycles. The number of para-hydroxylation sites is 1. The highest BCUT2D eigenvalue weighted by Gasteiger charge is 2.20. The molecule has 0 saturated carbocycles. The molecule has 0 radical (unpaired) electrons. The first-order chi connectivity index (χ1) is 13.2. The first-order valence-electron chi connectivity index (χ1n) is 8.74. The Hall–Kier alpha value is -3.15. The molecule has 0 bridgehead atoms. The van der Waals surface area contributed by atoms with Gasteiger partial charge in [0.2, 0.25) is 0 Å². The fourth-order valence-corrected chi connectivity index (χ4v) is 2.87. The van der Waals surface area contributed by atoms with Gasteiger partial charge >= 0.3 is 0 Å². The summed E-state index contributed by atoms with van der Waals surface area (Å²) in [5.41, 5.74) is 2.31. The molecule has 1 heterocycles. The van der Waals surface area contributed by atoms with Crippen LogP contribution in [0.4, 0.5) is 0 Å². The molecule has 6 nitrogen and oxygen atoms in total. The molecule has 0 unspecified atom stereocenters. The van der Waals surface area contributed by atoms with E-state index in [0.29, 0.717) is 41.7 Å². The minimum Gasteiger partial charge on any atom is -0.493 e. The van der Waals surface area contributed by atoms with Gasteiger partial charge in [0.05, 0.1) is 26.4 Å². The second-order valence-electron chi connectivity index (χ2n) is 5.94. The molecule has 0 spiro atoms. The van der Waals surface area contributed by atoms with Crippen molar-refractivity contribution in [1.29, 1.82) is 0 Å². The van der Waals surface area contributed by atoms with Crippen molar-refractivity contribution >= 4 is 12.0 Å². The van der Waals surface area contributed by atoms with Gasteiger partial charge < -0.3 is 24.3 Å². The smallest absolute Gasteiger partial charge is 0.250 e. The standard InChI is InChI=1S/C21H23NO5/c1-4-26-19-10-14(8-9-17(19)24-2)12-22-21(23)16-11-15-6-5-7-18(25-3)20(15)27-13-16/h5-11H,4,12-13H2,1-3H3,(H,22,23). The molecular formula is C21H23NO5. The van der Waals surface area contributed by atoms with Crippen molar-refractivity contribution in [2.24, 2.45) is 0 Å². The van der Waals surface area contributed by atoms with Crippen molar-refractivity contribution in [2.45, 2.75) is 13.5 Å². The summed E-state index contributed by atoms with van der Waals surface area (Å²) in [6.07, 6.45) is 1.83. The quantitative estimate of drug-likeness (QED) is 0.812. The van der Waals surface area contributed by atoms with Crippen molar-refractivity contribution in [3.05, 3.63) is 53.1 Å². The third-order valence-electron chi connectivity index (χ3n) is 4.20. The van der Waals surface area contributed by atoms with Gasteiger partial charge in [0, 0.05) is 12.1 Å². The van der Waals surface area contributed by atoms with Crippen LogP contribution in [-0.2, 0) is 11.3 Å². The zero-order chi connectivity index (χ0) is 19.2. The van der Waals surface area contributed by atoms with Crippen LogP contribution in [0.5, 0.6) is 23.0 Å². The van der Waals surface area contributed by atoms with Gasteiger partial charge in [0.15, 0.2) is 23.0 Å². The van der Waals surface area contributed by atoms with E-state index in [9.17, 15) is 4.79 Å². The third-order valence-corrected chi connectivity index (χ3v) is 4.20. The minimum absolute atomic E-state index is 0.169. The molecule has 6 heteroatoms. The van der Waals surface area contributed by atoms with Gasteiger partial charge in [-0.25, -0.2) is 0 Å². The number of carbonyl (C=O) groups excluding carboxylic acids is 1. The highest BCUT2D eigenvalue weighted by molar-refractivity contribution is 5.99. The zero-order valence-electron chi connectivity index (χ0n) is 15.7. The average molecular weight is 369 g/mol. The Morgan fingerprint density at radius 3 is 2.67 bits per heavy atom. The Bertz CT molecular complexity index is 860. The molecule has 1 aliphatic rings. The van der Waals surface area contributed by atoms with Crippen molar-refractivity contribution < 1.29 is 23.7 Å². The summed E-state index contributed by atoms with van der Waals surface area (Å²) < 4.78 is 21.9. The maximum atomic E-state index is 12.5. The number of nitrogens with one attached hydrogen (secondary N) is 1. The summed E-state index contributed by atoms with van der Waals surface area (Å²) in [7, 11) is 3.19. The molecule has 27 heavy (non-hydrogen) atoms. The number of hydrogen-bond donors (Lipinski definition) is 1. The average Bonchev–Trinajstić information content (AvgIpc) is 2.71. The molecule has 2 aromatic rings. The molecule has 0 aliphatic carbocycles. The van der Waals surface area contributed by atoms with E-state index in [1.54, 1.807) is 14.2 Å². The van der Waals surface area contributed by atoms with E-state index in [0.717, 1.165) is 11.1 Å². The van der Waals surface area contributed by atoms with E-state index in [1.165, 1.54) is 0 Å². The summed E-state index contributed by atoms with van der Waals surface area (Å²) in [5.74, 6) is 2.48. The van der Waals surface area contributed by atoms with Crippen LogP contribution in [0.25, 0.3) is 6.08 Å². The molecule has 3 rings (SSSR count). The molecule has 0 aromatic heterocycles. The van der Waals surface area contributed by atoms with E-state index in [-0.39, 0.29) is 12.5 Å². The van der Waals surface area contributed by atoms with E-state index < -0.39 is 0 Å². The number of amides is 1. The van der Waals surface area contributed by atoms with Crippen LogP contribution in [-0.4, -0.2) is 33.3 Å². The molecule has 142 valence electrons. The van der Waals surface area contributed by atoms with Crippen LogP contribution in [0.15, 0.2) is 42.0 Å². The molecule has 2 aromatic carbocycles. The predicted octanol–water partition coefficient (Wildman–Crippen LogP) is 3.19. The molecule has 0 fully saturated rings. The summed E-state index contributed by atoms with van der Waals surface area (Å²) in [6.45, 7) is 3.03. The second kappa shape index (κ2) is 8.49. The highest BCUT2D eigenvalue weighted by Crippen LogP contribution is 2.35. The van der Waals surface area contributed by atoms with Gasteiger partial charge in [-0.1, -0.05) is 18.2 Å². The Kier molecular flexibility index (Phi) is 5.86. The van der Waals surface area contributed by atoms with Crippen LogP contribution in [0.3, 0.4) is 0 Å². The van der Waals surface area contributed by atoms with Crippen molar-refractivity contribution in [2.75, 3.05) is 27.4 Å². The summed E-state index contributed by atoms with van der Waals surface area (Å²) >= 11 is 0. The number of benzene rings is 2. The topological polar surface area (TPSA) is 66.0 Å². The van der Waals surface area contributed by atoms with Crippen molar-refractivity contribution in [3.63, 3.8) is 0 Å². The summed E-state index contributed by atoms with van der Waals surface area (Å²) in [5, 5.41) is 2.92. The Balaban J connectivity index is 1.69. The molecular weight excluding hydrogens is 346 g/mol. The van der Waals surface area contributed by atoms with Gasteiger partial charge in [0.25, 0.3) is 5.91 Å². The lowest BCUT2D eigenvalue weighted by atomic mass is 10.1. The van der Waals surface area contributed by atoms with Gasteiger partial charge in [-0.15, -0.1) is 0 Å². The molecule has 1 amide bonds. The monoisotopic (exact) mass is 369 g/mol. The second-order valence-corrected chi connectivity index (χ2v) is 5.94. The highest BCUT2D eigenvalue weighted by atomic mass is 16.5. The predicted molar refractivity (Wildman–Crippen MR) is 102 cm³/mol. The lowest BCUT2D eigenvalue weighted by molar-refractivity contribution is -0.117. The number of hydrogen-bond acceptors (Lipinski definition) is 5. The largest absolute Gasteiger partial charge is 0.493 e. The van der Waals surface area contributed by atoms with Gasteiger partial charge in [-0.3, -0.25) is 4.79 Å². The first kappa shape index (κ1) is 18.6. The maximum Gasteiger partial charge on any atom is 0.250 e. The maximum absolute atomic E-state index is 12.5. The van der Waals surface area contributed by atoms with Crippen molar-refractivity contribution in [1.82, 2.24) is 5.32 Å². The van der Waals surface area contributed by atoms with Crippen LogP contribution < -0.4 is 24.3 Å². The molecule has 0 atom stereocenters. The van der Waals surface area contributed by atoms with E-state index in [4.69, 9.17) is 18.9 Å². The number of rotatable bonds is 7. The zero-order valence-corrected chi connectivity index (χ0v) is 15.7. The van der Waals surface area contributed by atoms with Crippen LogP contribution in [0.1, 0.15) is 18.1 Å². The number of methoxy groups -OCH3 is 2. The van der Waals surface area contributed by atoms with Crippen molar-refractivity contribution in [3.8, 4) is 23.0 Å². The minimum atomic E-state index is -0.169. The number of fused-ring (bicyclic) bond motifs is 1. The SMILES string of the molecule is CCOc1cc(CNC(=O)C2=Cc3cccc(OC)c3OC2)ccc1OC. The van der Waals surface area contributed by atoms with Crippen LogP contribution in [0, 0.1) is 0 Å². The normalized spacial score (nSPS) is 12.3. The summed E-state index contributed by atoms with van der Waals surface area (Å²) in [4.78, 5) is 12.5. The Morgan fingerprint density at radius 2 is 1.93 bits per heavy atom.